The maximum absolute atomic E-state index is 10.8. The Kier molecular flexibility index (Phi) is 3.36. The van der Waals surface area contributed by atoms with Gasteiger partial charge in [-0.3, -0.25) is 0 Å². The second kappa shape index (κ2) is 4.33. The van der Waals surface area contributed by atoms with Gasteiger partial charge in [-0.1, -0.05) is 33.6 Å². The molecule has 0 amide bonds. The van der Waals surface area contributed by atoms with Crippen molar-refractivity contribution in [3.63, 3.8) is 0 Å². The van der Waals surface area contributed by atoms with E-state index in [-0.39, 0.29) is 5.60 Å². The van der Waals surface area contributed by atoms with Gasteiger partial charge in [-0.25, -0.2) is 0 Å². The molecule has 2 saturated carbocycles. The molecule has 94 valence electrons. The van der Waals surface area contributed by atoms with Crippen LogP contribution in [0.4, 0.5) is 0 Å². The first-order valence-electron chi connectivity index (χ1n) is 7.14. The van der Waals surface area contributed by atoms with E-state index in [2.05, 4.69) is 20.8 Å². The molecule has 0 aromatic carbocycles. The molecule has 2 rings (SSSR count). The molecule has 2 aliphatic rings. The maximum Gasteiger partial charge on any atom is 0.0676 e. The summed E-state index contributed by atoms with van der Waals surface area (Å²) in [6.07, 6.45) is 9.67. The third kappa shape index (κ3) is 2.61. The summed E-state index contributed by atoms with van der Waals surface area (Å²) in [5.74, 6) is 1.49. The summed E-state index contributed by atoms with van der Waals surface area (Å²) in [7, 11) is 0. The van der Waals surface area contributed by atoms with Gasteiger partial charge in [-0.05, 0) is 55.8 Å². The standard InChI is InChI=1S/C15H28O/c1-12-4-6-13(7-5-12)15(16)10-8-14(2,3)9-11-15/h12-13,16H,4-11H2,1-3H3. The molecular formula is C15H28O. The van der Waals surface area contributed by atoms with E-state index in [4.69, 9.17) is 0 Å². The first-order valence-corrected chi connectivity index (χ1v) is 7.14. The Bertz CT molecular complexity index is 226. The quantitative estimate of drug-likeness (QED) is 0.709. The molecule has 0 bridgehead atoms. The highest BCUT2D eigenvalue weighted by Gasteiger charge is 2.42. The summed E-state index contributed by atoms with van der Waals surface area (Å²) in [4.78, 5) is 0. The van der Waals surface area contributed by atoms with Gasteiger partial charge in [-0.2, -0.15) is 0 Å². The van der Waals surface area contributed by atoms with Crippen LogP contribution in [0.2, 0.25) is 0 Å². The van der Waals surface area contributed by atoms with Crippen molar-refractivity contribution in [2.45, 2.75) is 77.7 Å². The molecule has 1 heteroatoms. The topological polar surface area (TPSA) is 20.2 Å². The van der Waals surface area contributed by atoms with Crippen LogP contribution in [0.15, 0.2) is 0 Å². The SMILES string of the molecule is CC1CCC(C2(O)CCC(C)(C)CC2)CC1. The molecule has 0 unspecified atom stereocenters. The molecule has 16 heavy (non-hydrogen) atoms. The van der Waals surface area contributed by atoms with Crippen LogP contribution in [0.25, 0.3) is 0 Å². The zero-order chi connectivity index (χ0) is 11.8. The number of aliphatic hydroxyl groups is 1. The first kappa shape index (κ1) is 12.4. The van der Waals surface area contributed by atoms with Gasteiger partial charge in [0.1, 0.15) is 0 Å². The molecule has 0 saturated heterocycles. The molecule has 0 spiro atoms. The molecule has 0 aromatic rings. The summed E-state index contributed by atoms with van der Waals surface area (Å²) in [5, 5.41) is 10.8. The molecule has 0 aliphatic heterocycles. The van der Waals surface area contributed by atoms with Gasteiger partial charge in [0.15, 0.2) is 0 Å². The van der Waals surface area contributed by atoms with E-state index in [0.29, 0.717) is 11.3 Å². The van der Waals surface area contributed by atoms with Gasteiger partial charge in [-0.15, -0.1) is 0 Å². The predicted octanol–water partition coefficient (Wildman–Crippen LogP) is 4.14. The van der Waals surface area contributed by atoms with Crippen molar-refractivity contribution < 1.29 is 5.11 Å². The summed E-state index contributed by atoms with van der Waals surface area (Å²) in [5.41, 5.74) is 0.157. The van der Waals surface area contributed by atoms with Crippen molar-refractivity contribution in [2.24, 2.45) is 17.3 Å². The summed E-state index contributed by atoms with van der Waals surface area (Å²) in [6.45, 7) is 7.04. The fourth-order valence-electron chi connectivity index (χ4n) is 3.57. The predicted molar refractivity (Wildman–Crippen MR) is 68.3 cm³/mol. The number of hydrogen-bond donors (Lipinski definition) is 1. The smallest absolute Gasteiger partial charge is 0.0676 e. The fourth-order valence-corrected chi connectivity index (χ4v) is 3.57. The van der Waals surface area contributed by atoms with Crippen molar-refractivity contribution in [3.8, 4) is 0 Å². The van der Waals surface area contributed by atoms with Crippen LogP contribution in [0, 0.1) is 17.3 Å². The number of rotatable bonds is 1. The van der Waals surface area contributed by atoms with Crippen molar-refractivity contribution in [2.75, 3.05) is 0 Å². The van der Waals surface area contributed by atoms with Gasteiger partial charge >= 0.3 is 0 Å². The lowest BCUT2D eigenvalue weighted by atomic mass is 9.63. The Morgan fingerprint density at radius 3 is 1.88 bits per heavy atom. The Balaban J connectivity index is 1.93. The van der Waals surface area contributed by atoms with Crippen LogP contribution in [0.1, 0.15) is 72.1 Å². The third-order valence-electron chi connectivity index (χ3n) is 5.25. The van der Waals surface area contributed by atoms with Crippen LogP contribution in [0.5, 0.6) is 0 Å². The Labute approximate surface area is 101 Å². The first-order chi connectivity index (χ1) is 7.41. The normalized spacial score (nSPS) is 38.2. The molecule has 0 radical (unpaired) electrons. The average molecular weight is 224 g/mol. The molecule has 0 heterocycles. The van der Waals surface area contributed by atoms with Gasteiger partial charge in [0.2, 0.25) is 0 Å². The fraction of sp³-hybridized carbons (Fsp3) is 1.00. The summed E-state index contributed by atoms with van der Waals surface area (Å²) in [6, 6.07) is 0. The molecule has 1 N–H and O–H groups in total. The molecule has 0 atom stereocenters. The van der Waals surface area contributed by atoms with E-state index in [0.717, 1.165) is 18.8 Å². The van der Waals surface area contributed by atoms with Crippen LogP contribution >= 0.6 is 0 Å². The monoisotopic (exact) mass is 224 g/mol. The highest BCUT2D eigenvalue weighted by molar-refractivity contribution is 4.95. The van der Waals surface area contributed by atoms with Crippen LogP contribution in [0.3, 0.4) is 0 Å². The zero-order valence-corrected chi connectivity index (χ0v) is 11.3. The van der Waals surface area contributed by atoms with Crippen molar-refractivity contribution in [1.29, 1.82) is 0 Å². The van der Waals surface area contributed by atoms with Crippen LogP contribution in [-0.2, 0) is 0 Å². The minimum Gasteiger partial charge on any atom is -0.390 e. The highest BCUT2D eigenvalue weighted by atomic mass is 16.3. The minimum absolute atomic E-state index is 0.310. The third-order valence-corrected chi connectivity index (χ3v) is 5.25. The van der Waals surface area contributed by atoms with Crippen molar-refractivity contribution in [3.05, 3.63) is 0 Å². The summed E-state index contributed by atoms with van der Waals surface area (Å²) >= 11 is 0. The van der Waals surface area contributed by atoms with Crippen LogP contribution in [-0.4, -0.2) is 10.7 Å². The molecule has 2 aliphatic carbocycles. The van der Waals surface area contributed by atoms with Gasteiger partial charge in [0, 0.05) is 0 Å². The molecular weight excluding hydrogens is 196 g/mol. The molecule has 0 aromatic heterocycles. The summed E-state index contributed by atoms with van der Waals surface area (Å²) < 4.78 is 0. The van der Waals surface area contributed by atoms with Gasteiger partial charge < -0.3 is 5.11 Å². The van der Waals surface area contributed by atoms with Crippen molar-refractivity contribution >= 4 is 0 Å². The average Bonchev–Trinajstić information content (AvgIpc) is 2.24. The largest absolute Gasteiger partial charge is 0.390 e. The number of hydrogen-bond acceptors (Lipinski definition) is 1. The zero-order valence-electron chi connectivity index (χ0n) is 11.3. The van der Waals surface area contributed by atoms with Gasteiger partial charge in [0.05, 0.1) is 5.60 Å². The second-order valence-electron chi connectivity index (χ2n) is 7.22. The maximum atomic E-state index is 10.8. The van der Waals surface area contributed by atoms with E-state index < -0.39 is 0 Å². The highest BCUT2D eigenvalue weighted by Crippen LogP contribution is 2.47. The van der Waals surface area contributed by atoms with E-state index >= 15 is 0 Å². The lowest BCUT2D eigenvalue weighted by Gasteiger charge is -2.46. The molecule has 2 fully saturated rings. The van der Waals surface area contributed by atoms with E-state index in [9.17, 15) is 5.11 Å². The lowest BCUT2D eigenvalue weighted by molar-refractivity contribution is -0.0844. The van der Waals surface area contributed by atoms with E-state index in [1.165, 1.54) is 38.5 Å². The Hall–Kier alpha value is -0.0400. The molecule has 1 nitrogen and oxygen atoms in total. The Morgan fingerprint density at radius 1 is 0.875 bits per heavy atom. The van der Waals surface area contributed by atoms with Gasteiger partial charge in [0.25, 0.3) is 0 Å². The van der Waals surface area contributed by atoms with E-state index in [1.54, 1.807) is 0 Å². The Morgan fingerprint density at radius 2 is 1.38 bits per heavy atom. The lowest BCUT2D eigenvalue weighted by Crippen LogP contribution is -2.44. The van der Waals surface area contributed by atoms with E-state index in [1.807, 2.05) is 0 Å². The minimum atomic E-state index is -0.310. The second-order valence-corrected chi connectivity index (χ2v) is 7.22. The van der Waals surface area contributed by atoms with Crippen molar-refractivity contribution in [1.82, 2.24) is 0 Å². The van der Waals surface area contributed by atoms with Crippen LogP contribution < -0.4 is 0 Å².